The summed E-state index contributed by atoms with van der Waals surface area (Å²) in [6, 6.07) is 16.1. The summed E-state index contributed by atoms with van der Waals surface area (Å²) >= 11 is 1.27. The Morgan fingerprint density at radius 3 is 2.48 bits per heavy atom. The topological polar surface area (TPSA) is 110 Å². The first-order valence-electron chi connectivity index (χ1n) is 9.95. The van der Waals surface area contributed by atoms with Gasteiger partial charge in [0, 0.05) is 29.3 Å². The Labute approximate surface area is 194 Å². The molecule has 9 heteroatoms. The molecule has 1 aromatic carbocycles. The second-order valence-corrected chi connectivity index (χ2v) is 7.87. The molecule has 0 aliphatic heterocycles. The number of nitrogens with one attached hydrogen (secondary N) is 1. The Morgan fingerprint density at radius 1 is 1.06 bits per heavy atom. The zero-order valence-electron chi connectivity index (χ0n) is 17.9. The molecule has 8 nitrogen and oxygen atoms in total. The van der Waals surface area contributed by atoms with Gasteiger partial charge in [-0.05, 0) is 60.9 Å². The normalized spacial score (nSPS) is 10.3. The smallest absolute Gasteiger partial charge is 0.258 e. The summed E-state index contributed by atoms with van der Waals surface area (Å²) in [6.07, 6.45) is 3.50. The number of aryl methyl sites for hydroxylation is 1. The van der Waals surface area contributed by atoms with Gasteiger partial charge >= 0.3 is 0 Å². The van der Waals surface area contributed by atoms with Crippen LogP contribution in [-0.4, -0.2) is 27.4 Å². The first-order valence-corrected chi connectivity index (χ1v) is 10.7. The van der Waals surface area contributed by atoms with Gasteiger partial charge in [0.15, 0.2) is 0 Å². The van der Waals surface area contributed by atoms with Crippen molar-refractivity contribution in [3.63, 3.8) is 0 Å². The molecular weight excluding hydrogens is 438 g/mol. The van der Waals surface area contributed by atoms with Crippen molar-refractivity contribution in [2.75, 3.05) is 12.4 Å². The van der Waals surface area contributed by atoms with E-state index in [1.165, 1.54) is 23.9 Å². The predicted molar refractivity (Wildman–Crippen MR) is 124 cm³/mol. The van der Waals surface area contributed by atoms with Crippen molar-refractivity contribution in [1.82, 2.24) is 14.3 Å². The monoisotopic (exact) mass is 457 g/mol. The fraction of sp³-hybridized carbons (Fsp3) is 0.125. The lowest BCUT2D eigenvalue weighted by molar-refractivity contribution is 0.102. The quantitative estimate of drug-likeness (QED) is 0.426. The van der Waals surface area contributed by atoms with Crippen LogP contribution in [0, 0.1) is 18.3 Å². The second kappa shape index (κ2) is 9.89. The third-order valence-electron chi connectivity index (χ3n) is 4.73. The molecule has 3 aromatic heterocycles. The molecule has 1 N–H and O–H groups in total. The lowest BCUT2D eigenvalue weighted by Gasteiger charge is -2.09. The molecule has 0 saturated carbocycles. The average Bonchev–Trinajstić information content (AvgIpc) is 3.21. The summed E-state index contributed by atoms with van der Waals surface area (Å²) in [7, 11) is 1.60. The van der Waals surface area contributed by atoms with Crippen molar-refractivity contribution in [3.05, 3.63) is 88.3 Å². The Balaban J connectivity index is 1.43. The van der Waals surface area contributed by atoms with E-state index in [4.69, 9.17) is 14.7 Å². The first-order chi connectivity index (χ1) is 16.1. The number of pyridine rings is 2. The van der Waals surface area contributed by atoms with Crippen LogP contribution in [0.2, 0.25) is 0 Å². The molecule has 0 spiro atoms. The van der Waals surface area contributed by atoms with Gasteiger partial charge in [0.25, 0.3) is 5.91 Å². The largest absolute Gasteiger partial charge is 0.497 e. The van der Waals surface area contributed by atoms with Crippen LogP contribution in [0.1, 0.15) is 32.2 Å². The number of nitrogens with zero attached hydrogens (tertiary/aromatic N) is 4. The molecule has 164 valence electrons. The van der Waals surface area contributed by atoms with Crippen molar-refractivity contribution in [2.24, 2.45) is 0 Å². The summed E-state index contributed by atoms with van der Waals surface area (Å²) in [6.45, 7) is 1.80. The number of aromatic nitrogens is 3. The van der Waals surface area contributed by atoms with E-state index < -0.39 is 0 Å². The third kappa shape index (κ3) is 5.31. The molecule has 4 aromatic rings. The highest BCUT2D eigenvalue weighted by molar-refractivity contribution is 7.06. The van der Waals surface area contributed by atoms with Gasteiger partial charge < -0.3 is 14.8 Å². The Bertz CT molecular complexity index is 1290. The van der Waals surface area contributed by atoms with E-state index in [0.717, 1.165) is 16.3 Å². The van der Waals surface area contributed by atoms with Crippen LogP contribution in [0.5, 0.6) is 17.4 Å². The number of carbonyl (C=O) groups is 1. The van der Waals surface area contributed by atoms with Crippen LogP contribution in [0.3, 0.4) is 0 Å². The Hall–Kier alpha value is -4.29. The first kappa shape index (κ1) is 21.9. The van der Waals surface area contributed by atoms with E-state index in [9.17, 15) is 4.79 Å². The third-order valence-corrected chi connectivity index (χ3v) is 5.67. The fourth-order valence-electron chi connectivity index (χ4n) is 3.06. The van der Waals surface area contributed by atoms with E-state index in [2.05, 4.69) is 19.7 Å². The van der Waals surface area contributed by atoms with E-state index in [0.29, 0.717) is 40.6 Å². The van der Waals surface area contributed by atoms with Crippen LogP contribution < -0.4 is 14.8 Å². The van der Waals surface area contributed by atoms with E-state index in [-0.39, 0.29) is 5.91 Å². The highest BCUT2D eigenvalue weighted by Crippen LogP contribution is 2.25. The second-order valence-electron chi connectivity index (χ2n) is 7.01. The molecule has 0 aliphatic carbocycles. The number of methoxy groups -OCH3 is 1. The minimum absolute atomic E-state index is 0.268. The Morgan fingerprint density at radius 2 is 1.85 bits per heavy atom. The lowest BCUT2D eigenvalue weighted by Crippen LogP contribution is -2.14. The fourth-order valence-corrected chi connectivity index (χ4v) is 3.94. The zero-order valence-corrected chi connectivity index (χ0v) is 18.7. The van der Waals surface area contributed by atoms with Gasteiger partial charge in [0.05, 0.1) is 35.8 Å². The Kier molecular flexibility index (Phi) is 6.57. The van der Waals surface area contributed by atoms with E-state index in [1.54, 1.807) is 62.6 Å². The molecule has 1 amide bonds. The van der Waals surface area contributed by atoms with Gasteiger partial charge in [0.1, 0.15) is 17.6 Å². The number of nitriles is 1. The van der Waals surface area contributed by atoms with Crippen LogP contribution in [0.4, 0.5) is 5.69 Å². The number of ether oxygens (including phenoxy) is 2. The molecule has 3 heterocycles. The molecule has 0 aliphatic rings. The van der Waals surface area contributed by atoms with Crippen molar-refractivity contribution >= 4 is 23.1 Å². The van der Waals surface area contributed by atoms with Crippen LogP contribution in [0.15, 0.2) is 60.9 Å². The van der Waals surface area contributed by atoms with Gasteiger partial charge in [-0.1, -0.05) is 0 Å². The number of hydrogen-bond acceptors (Lipinski definition) is 8. The number of benzene rings is 1. The van der Waals surface area contributed by atoms with Gasteiger partial charge in [-0.25, -0.2) is 4.98 Å². The molecule has 0 radical (unpaired) electrons. The molecule has 33 heavy (non-hydrogen) atoms. The van der Waals surface area contributed by atoms with E-state index in [1.807, 2.05) is 6.07 Å². The molecule has 0 saturated heterocycles. The predicted octanol–water partition coefficient (Wildman–Crippen LogP) is 4.76. The highest BCUT2D eigenvalue weighted by Gasteiger charge is 2.19. The number of hydrogen-bond donors (Lipinski definition) is 1. The molecule has 4 rings (SSSR count). The van der Waals surface area contributed by atoms with Crippen molar-refractivity contribution < 1.29 is 14.3 Å². The number of anilines is 1. The maximum absolute atomic E-state index is 13.0. The summed E-state index contributed by atoms with van der Waals surface area (Å²) in [5.74, 6) is 1.50. The van der Waals surface area contributed by atoms with E-state index >= 15 is 0 Å². The maximum Gasteiger partial charge on any atom is 0.258 e. The maximum atomic E-state index is 13.0. The average molecular weight is 458 g/mol. The lowest BCUT2D eigenvalue weighted by atomic mass is 10.1. The van der Waals surface area contributed by atoms with Crippen molar-refractivity contribution in [3.8, 4) is 23.4 Å². The van der Waals surface area contributed by atoms with Crippen LogP contribution in [0.25, 0.3) is 0 Å². The standard InChI is InChI=1S/C24H19N5O3S/c1-15-23(21(33-29-15)11-17-4-3-16(12-25)13-26-17)24(30)28-18-5-10-22(27-14-18)32-20-8-6-19(31-2)7-9-20/h3-10,13-14H,11H2,1-2H3,(H,28,30). The van der Waals surface area contributed by atoms with Crippen LogP contribution in [-0.2, 0) is 6.42 Å². The van der Waals surface area contributed by atoms with Gasteiger partial charge in [-0.2, -0.15) is 9.64 Å². The van der Waals surface area contributed by atoms with Crippen molar-refractivity contribution in [1.29, 1.82) is 5.26 Å². The summed E-state index contributed by atoms with van der Waals surface area (Å²) in [5, 5.41) is 11.8. The zero-order chi connectivity index (χ0) is 23.2. The molecule has 0 bridgehead atoms. The molecule has 0 atom stereocenters. The molecular formula is C24H19N5O3S. The number of carbonyl (C=O) groups excluding carboxylic acids is 1. The number of rotatable bonds is 7. The van der Waals surface area contributed by atoms with Gasteiger partial charge in [-0.3, -0.25) is 9.78 Å². The minimum Gasteiger partial charge on any atom is -0.497 e. The summed E-state index contributed by atoms with van der Waals surface area (Å²) in [4.78, 5) is 22.3. The number of amides is 1. The minimum atomic E-state index is -0.268. The van der Waals surface area contributed by atoms with Crippen LogP contribution >= 0.6 is 11.5 Å². The molecule has 0 unspecified atom stereocenters. The van der Waals surface area contributed by atoms with Crippen molar-refractivity contribution in [2.45, 2.75) is 13.3 Å². The molecule has 0 fully saturated rings. The summed E-state index contributed by atoms with van der Waals surface area (Å²) in [5.41, 5.74) is 2.95. The van der Waals surface area contributed by atoms with Gasteiger partial charge in [-0.15, -0.1) is 0 Å². The van der Waals surface area contributed by atoms with Gasteiger partial charge in [0.2, 0.25) is 5.88 Å². The highest BCUT2D eigenvalue weighted by atomic mass is 32.1. The SMILES string of the molecule is COc1ccc(Oc2ccc(NC(=O)c3c(C)nsc3Cc3ccc(C#N)cn3)cn2)cc1. The summed E-state index contributed by atoms with van der Waals surface area (Å²) < 4.78 is 15.2.